The van der Waals surface area contributed by atoms with Crippen LogP contribution in [0.3, 0.4) is 0 Å². The number of fused-ring (bicyclic) bond motifs is 1. The van der Waals surface area contributed by atoms with Gasteiger partial charge in [-0.15, -0.1) is 0 Å². The van der Waals surface area contributed by atoms with Crippen LogP contribution in [0.5, 0.6) is 0 Å². The fourth-order valence-electron chi connectivity index (χ4n) is 3.40. The van der Waals surface area contributed by atoms with E-state index < -0.39 is 5.54 Å². The van der Waals surface area contributed by atoms with Crippen molar-refractivity contribution in [3.8, 4) is 11.3 Å². The van der Waals surface area contributed by atoms with E-state index in [9.17, 15) is 9.90 Å². The number of ether oxygens (including phenoxy) is 1. The lowest BCUT2D eigenvalue weighted by atomic mass is 9.91. The average Bonchev–Trinajstić information content (AvgIpc) is 3.09. The molecular formula is C20H20ClN3O3. The van der Waals surface area contributed by atoms with Gasteiger partial charge in [0.25, 0.3) is 5.91 Å². The minimum absolute atomic E-state index is 0.130. The molecule has 0 aliphatic carbocycles. The predicted octanol–water partition coefficient (Wildman–Crippen LogP) is 2.93. The van der Waals surface area contributed by atoms with Gasteiger partial charge in [-0.3, -0.25) is 9.20 Å². The number of aliphatic hydroxyl groups is 1. The zero-order valence-electron chi connectivity index (χ0n) is 14.7. The summed E-state index contributed by atoms with van der Waals surface area (Å²) in [4.78, 5) is 17.6. The van der Waals surface area contributed by atoms with Crippen molar-refractivity contribution in [1.29, 1.82) is 0 Å². The third-order valence-corrected chi connectivity index (χ3v) is 5.25. The summed E-state index contributed by atoms with van der Waals surface area (Å²) in [5.41, 5.74) is 1.75. The Bertz CT molecular complexity index is 962. The molecule has 0 bridgehead atoms. The highest BCUT2D eigenvalue weighted by atomic mass is 35.5. The van der Waals surface area contributed by atoms with Gasteiger partial charge in [-0.2, -0.15) is 0 Å². The molecule has 1 aromatic carbocycles. The van der Waals surface area contributed by atoms with E-state index in [1.165, 1.54) is 0 Å². The van der Waals surface area contributed by atoms with Gasteiger partial charge in [0.2, 0.25) is 5.82 Å². The number of hydrogen-bond donors (Lipinski definition) is 2. The van der Waals surface area contributed by atoms with E-state index in [0.717, 1.165) is 11.1 Å². The van der Waals surface area contributed by atoms with Crippen LogP contribution in [0.25, 0.3) is 16.8 Å². The molecule has 4 rings (SSSR count). The van der Waals surface area contributed by atoms with E-state index in [-0.39, 0.29) is 18.3 Å². The Morgan fingerprint density at radius 1 is 1.22 bits per heavy atom. The maximum Gasteiger partial charge on any atom is 0.288 e. The van der Waals surface area contributed by atoms with E-state index in [4.69, 9.17) is 16.3 Å². The molecule has 140 valence electrons. The zero-order valence-corrected chi connectivity index (χ0v) is 15.4. The zero-order chi connectivity index (χ0) is 18.9. The van der Waals surface area contributed by atoms with Gasteiger partial charge in [0.1, 0.15) is 0 Å². The number of nitrogens with one attached hydrogen (secondary N) is 1. The lowest BCUT2D eigenvalue weighted by Gasteiger charge is -2.36. The van der Waals surface area contributed by atoms with Gasteiger partial charge in [0.05, 0.1) is 23.4 Å². The maximum absolute atomic E-state index is 13.0. The lowest BCUT2D eigenvalue weighted by molar-refractivity contribution is 0.0123. The summed E-state index contributed by atoms with van der Waals surface area (Å²) in [5, 5.41) is 13.5. The van der Waals surface area contributed by atoms with Gasteiger partial charge in [-0.25, -0.2) is 4.98 Å². The molecule has 2 N–H and O–H groups in total. The van der Waals surface area contributed by atoms with E-state index in [1.807, 2.05) is 36.5 Å². The van der Waals surface area contributed by atoms with Crippen molar-refractivity contribution in [3.05, 3.63) is 59.5 Å². The number of benzene rings is 1. The Labute approximate surface area is 161 Å². The van der Waals surface area contributed by atoms with E-state index in [2.05, 4.69) is 10.3 Å². The van der Waals surface area contributed by atoms with Gasteiger partial charge in [-0.1, -0.05) is 29.8 Å². The van der Waals surface area contributed by atoms with Crippen LogP contribution in [0.15, 0.2) is 48.7 Å². The third-order valence-electron chi connectivity index (χ3n) is 5.00. The highest BCUT2D eigenvalue weighted by Gasteiger charge is 2.35. The van der Waals surface area contributed by atoms with Crippen molar-refractivity contribution in [3.63, 3.8) is 0 Å². The molecule has 27 heavy (non-hydrogen) atoms. The van der Waals surface area contributed by atoms with Crippen LogP contribution in [-0.2, 0) is 4.74 Å². The Hall–Kier alpha value is -2.41. The molecule has 2 aromatic heterocycles. The van der Waals surface area contributed by atoms with Crippen LogP contribution in [0.1, 0.15) is 23.5 Å². The highest BCUT2D eigenvalue weighted by Crippen LogP contribution is 2.27. The van der Waals surface area contributed by atoms with Crippen LogP contribution in [-0.4, -0.2) is 45.8 Å². The molecule has 1 aliphatic rings. The Morgan fingerprint density at radius 2 is 1.96 bits per heavy atom. The van der Waals surface area contributed by atoms with Crippen LogP contribution in [0.4, 0.5) is 0 Å². The first-order chi connectivity index (χ1) is 13.1. The summed E-state index contributed by atoms with van der Waals surface area (Å²) in [5.74, 6) is -0.0257. The second-order valence-corrected chi connectivity index (χ2v) is 7.19. The highest BCUT2D eigenvalue weighted by molar-refractivity contribution is 6.30. The smallest absolute Gasteiger partial charge is 0.288 e. The normalized spacial score (nSPS) is 16.4. The van der Waals surface area contributed by atoms with Crippen molar-refractivity contribution < 1.29 is 14.6 Å². The number of carbonyl (C=O) groups is 1. The van der Waals surface area contributed by atoms with Crippen LogP contribution in [0, 0.1) is 0 Å². The van der Waals surface area contributed by atoms with Crippen LogP contribution in [0.2, 0.25) is 5.02 Å². The molecule has 0 radical (unpaired) electrons. The first kappa shape index (κ1) is 18.0. The number of aromatic nitrogens is 2. The number of rotatable bonds is 4. The summed E-state index contributed by atoms with van der Waals surface area (Å²) in [6.07, 6.45) is 2.96. The van der Waals surface area contributed by atoms with Crippen molar-refractivity contribution in [2.45, 2.75) is 18.4 Å². The van der Waals surface area contributed by atoms with Crippen molar-refractivity contribution >= 4 is 23.0 Å². The van der Waals surface area contributed by atoms with E-state index >= 15 is 0 Å². The fraction of sp³-hybridized carbons (Fsp3) is 0.300. The molecule has 6 nitrogen and oxygen atoms in total. The Kier molecular flexibility index (Phi) is 4.86. The topological polar surface area (TPSA) is 75.9 Å². The number of hydrogen-bond acceptors (Lipinski definition) is 4. The molecule has 0 unspecified atom stereocenters. The fourth-order valence-corrected chi connectivity index (χ4v) is 3.53. The molecule has 1 saturated heterocycles. The molecule has 0 atom stereocenters. The van der Waals surface area contributed by atoms with Crippen molar-refractivity contribution in [1.82, 2.24) is 14.7 Å². The molecule has 3 aromatic rings. The van der Waals surface area contributed by atoms with E-state index in [0.29, 0.717) is 36.8 Å². The molecular weight excluding hydrogens is 366 g/mol. The van der Waals surface area contributed by atoms with Gasteiger partial charge in [0.15, 0.2) is 0 Å². The van der Waals surface area contributed by atoms with E-state index in [1.54, 1.807) is 16.5 Å². The quantitative estimate of drug-likeness (QED) is 0.724. The average molecular weight is 386 g/mol. The Balaban J connectivity index is 1.73. The number of imidazole rings is 1. The molecule has 1 amide bonds. The molecule has 1 fully saturated rings. The number of nitrogens with zero attached hydrogens (tertiary/aromatic N) is 2. The summed E-state index contributed by atoms with van der Waals surface area (Å²) >= 11 is 5.99. The molecule has 0 spiro atoms. The number of pyridine rings is 1. The SMILES string of the molecule is O=C(NC1(CO)CCOCC1)c1nc(-c2ccc(Cl)cc2)c2ccccn12. The number of amides is 1. The predicted molar refractivity (Wildman–Crippen MR) is 103 cm³/mol. The largest absolute Gasteiger partial charge is 0.394 e. The summed E-state index contributed by atoms with van der Waals surface area (Å²) in [6, 6.07) is 13.0. The second kappa shape index (κ2) is 7.31. The van der Waals surface area contributed by atoms with Crippen molar-refractivity contribution in [2.24, 2.45) is 0 Å². The van der Waals surface area contributed by atoms with Gasteiger partial charge in [0, 0.05) is 30.0 Å². The molecule has 1 aliphatic heterocycles. The summed E-state index contributed by atoms with van der Waals surface area (Å²) < 4.78 is 7.13. The Morgan fingerprint density at radius 3 is 2.67 bits per heavy atom. The minimum atomic E-state index is -0.670. The third kappa shape index (κ3) is 3.43. The monoisotopic (exact) mass is 385 g/mol. The van der Waals surface area contributed by atoms with Gasteiger partial charge in [-0.05, 0) is 37.1 Å². The van der Waals surface area contributed by atoms with Gasteiger partial charge < -0.3 is 15.2 Å². The minimum Gasteiger partial charge on any atom is -0.394 e. The standard InChI is InChI=1S/C20H20ClN3O3/c21-15-6-4-14(5-7-15)17-16-3-1-2-10-24(16)18(22-17)19(26)23-20(13-25)8-11-27-12-9-20/h1-7,10,25H,8-9,11-13H2,(H,23,26). The number of aliphatic hydroxyl groups excluding tert-OH is 1. The van der Waals surface area contributed by atoms with Gasteiger partial charge >= 0.3 is 0 Å². The lowest BCUT2D eigenvalue weighted by Crippen LogP contribution is -2.54. The van der Waals surface area contributed by atoms with Crippen molar-refractivity contribution in [2.75, 3.05) is 19.8 Å². The van der Waals surface area contributed by atoms with Crippen LogP contribution >= 0.6 is 11.6 Å². The second-order valence-electron chi connectivity index (χ2n) is 6.75. The van der Waals surface area contributed by atoms with Crippen LogP contribution < -0.4 is 5.32 Å². The molecule has 0 saturated carbocycles. The maximum atomic E-state index is 13.0. The summed E-state index contributed by atoms with van der Waals surface area (Å²) in [6.45, 7) is 0.897. The number of halogens is 1. The first-order valence-electron chi connectivity index (χ1n) is 8.86. The first-order valence-corrected chi connectivity index (χ1v) is 9.24. The molecule has 7 heteroatoms. The number of carbonyl (C=O) groups excluding carboxylic acids is 1. The summed E-state index contributed by atoms with van der Waals surface area (Å²) in [7, 11) is 0. The molecule has 3 heterocycles.